The second-order valence-corrected chi connectivity index (χ2v) is 6.26. The SMILES string of the molecule is Cc1noc(C)c1CN1CCCN(C(=O)C2CCCO2)CC1. The van der Waals surface area contributed by atoms with Crippen LogP contribution in [0.15, 0.2) is 4.52 Å². The Hall–Kier alpha value is -1.40. The van der Waals surface area contributed by atoms with Gasteiger partial charge in [0.15, 0.2) is 0 Å². The van der Waals surface area contributed by atoms with Gasteiger partial charge in [-0.05, 0) is 33.1 Å². The van der Waals surface area contributed by atoms with Gasteiger partial charge in [0.05, 0.1) is 5.69 Å². The Morgan fingerprint density at radius 2 is 2.09 bits per heavy atom. The number of aromatic nitrogens is 1. The number of hydrogen-bond acceptors (Lipinski definition) is 5. The van der Waals surface area contributed by atoms with Crippen LogP contribution in [0, 0.1) is 13.8 Å². The Labute approximate surface area is 131 Å². The maximum atomic E-state index is 12.4. The zero-order valence-electron chi connectivity index (χ0n) is 13.5. The van der Waals surface area contributed by atoms with E-state index in [2.05, 4.69) is 10.1 Å². The second kappa shape index (κ2) is 6.79. The average molecular weight is 307 g/mol. The molecule has 122 valence electrons. The first-order valence-electron chi connectivity index (χ1n) is 8.19. The lowest BCUT2D eigenvalue weighted by molar-refractivity contribution is -0.140. The van der Waals surface area contributed by atoms with Crippen molar-refractivity contribution in [1.82, 2.24) is 15.0 Å². The molecule has 0 radical (unpaired) electrons. The summed E-state index contributed by atoms with van der Waals surface area (Å²) in [5.41, 5.74) is 2.15. The molecule has 1 unspecified atom stereocenters. The Kier molecular flexibility index (Phi) is 4.78. The Morgan fingerprint density at radius 1 is 1.23 bits per heavy atom. The van der Waals surface area contributed by atoms with Crippen molar-refractivity contribution in [2.24, 2.45) is 0 Å². The molecule has 3 heterocycles. The van der Waals surface area contributed by atoms with E-state index in [4.69, 9.17) is 9.26 Å². The normalized spacial score (nSPS) is 23.7. The first kappa shape index (κ1) is 15.5. The standard InChI is InChI=1S/C16H25N3O3/c1-12-14(13(2)22-17-12)11-18-6-4-7-19(9-8-18)16(20)15-5-3-10-21-15/h15H,3-11H2,1-2H3. The van der Waals surface area contributed by atoms with E-state index < -0.39 is 0 Å². The van der Waals surface area contributed by atoms with Crippen molar-refractivity contribution < 1.29 is 14.1 Å². The number of carbonyl (C=O) groups is 1. The van der Waals surface area contributed by atoms with Crippen molar-refractivity contribution in [3.05, 3.63) is 17.0 Å². The van der Waals surface area contributed by atoms with E-state index in [1.54, 1.807) is 0 Å². The predicted molar refractivity (Wildman–Crippen MR) is 81.4 cm³/mol. The molecule has 1 aromatic rings. The average Bonchev–Trinajstić information content (AvgIpc) is 3.07. The van der Waals surface area contributed by atoms with Crippen molar-refractivity contribution >= 4 is 5.91 Å². The van der Waals surface area contributed by atoms with Gasteiger partial charge in [-0.2, -0.15) is 0 Å². The number of nitrogens with zero attached hydrogens (tertiary/aromatic N) is 3. The van der Waals surface area contributed by atoms with E-state index in [0.29, 0.717) is 0 Å². The summed E-state index contributed by atoms with van der Waals surface area (Å²) in [7, 11) is 0. The minimum absolute atomic E-state index is 0.177. The highest BCUT2D eigenvalue weighted by atomic mass is 16.5. The monoisotopic (exact) mass is 307 g/mol. The highest BCUT2D eigenvalue weighted by Gasteiger charge is 2.29. The van der Waals surface area contributed by atoms with Gasteiger partial charge in [-0.1, -0.05) is 5.16 Å². The number of carbonyl (C=O) groups excluding carboxylic acids is 1. The zero-order chi connectivity index (χ0) is 15.5. The number of hydrogen-bond donors (Lipinski definition) is 0. The van der Waals surface area contributed by atoms with Crippen LogP contribution >= 0.6 is 0 Å². The Bertz CT molecular complexity index is 503. The van der Waals surface area contributed by atoms with Gasteiger partial charge in [-0.3, -0.25) is 9.69 Å². The summed E-state index contributed by atoms with van der Waals surface area (Å²) in [4.78, 5) is 16.8. The molecule has 0 bridgehead atoms. The molecule has 6 nitrogen and oxygen atoms in total. The van der Waals surface area contributed by atoms with Gasteiger partial charge < -0.3 is 14.2 Å². The molecule has 2 aliphatic rings. The summed E-state index contributed by atoms with van der Waals surface area (Å²) in [6.45, 7) is 9.02. The van der Waals surface area contributed by atoms with Crippen LogP contribution in [0.1, 0.15) is 36.3 Å². The smallest absolute Gasteiger partial charge is 0.251 e. The largest absolute Gasteiger partial charge is 0.368 e. The van der Waals surface area contributed by atoms with Gasteiger partial charge in [0.25, 0.3) is 5.91 Å². The third-order valence-corrected chi connectivity index (χ3v) is 4.67. The van der Waals surface area contributed by atoms with E-state index in [1.807, 2.05) is 18.7 Å². The lowest BCUT2D eigenvalue weighted by Crippen LogP contribution is -2.41. The van der Waals surface area contributed by atoms with E-state index in [-0.39, 0.29) is 12.0 Å². The van der Waals surface area contributed by atoms with Crippen molar-refractivity contribution in [3.8, 4) is 0 Å². The summed E-state index contributed by atoms with van der Waals surface area (Å²) < 4.78 is 10.8. The molecule has 1 atom stereocenters. The summed E-state index contributed by atoms with van der Waals surface area (Å²) in [6.07, 6.45) is 2.68. The minimum Gasteiger partial charge on any atom is -0.368 e. The molecule has 1 aromatic heterocycles. The summed E-state index contributed by atoms with van der Waals surface area (Å²) in [5.74, 6) is 1.07. The molecule has 2 aliphatic heterocycles. The maximum Gasteiger partial charge on any atom is 0.251 e. The molecule has 0 spiro atoms. The first-order chi connectivity index (χ1) is 10.6. The van der Waals surface area contributed by atoms with Crippen molar-refractivity contribution in [2.75, 3.05) is 32.8 Å². The molecule has 2 saturated heterocycles. The number of aryl methyl sites for hydroxylation is 2. The van der Waals surface area contributed by atoms with E-state index >= 15 is 0 Å². The molecule has 3 rings (SSSR count). The number of ether oxygens (including phenoxy) is 1. The van der Waals surface area contributed by atoms with Gasteiger partial charge in [0, 0.05) is 44.9 Å². The molecule has 0 aromatic carbocycles. The van der Waals surface area contributed by atoms with Gasteiger partial charge in [-0.25, -0.2) is 0 Å². The predicted octanol–water partition coefficient (Wildman–Crippen LogP) is 1.50. The first-order valence-corrected chi connectivity index (χ1v) is 8.19. The van der Waals surface area contributed by atoms with Crippen LogP contribution in [0.4, 0.5) is 0 Å². The van der Waals surface area contributed by atoms with Gasteiger partial charge in [-0.15, -0.1) is 0 Å². The fourth-order valence-corrected chi connectivity index (χ4v) is 3.28. The molecular formula is C16H25N3O3. The van der Waals surface area contributed by atoms with Gasteiger partial charge >= 0.3 is 0 Å². The van der Waals surface area contributed by atoms with Crippen molar-refractivity contribution in [3.63, 3.8) is 0 Å². The van der Waals surface area contributed by atoms with Crippen LogP contribution in [-0.2, 0) is 16.1 Å². The molecular weight excluding hydrogens is 282 g/mol. The Morgan fingerprint density at radius 3 is 2.77 bits per heavy atom. The molecule has 0 aliphatic carbocycles. The quantitative estimate of drug-likeness (QED) is 0.847. The van der Waals surface area contributed by atoms with Crippen LogP contribution < -0.4 is 0 Å². The van der Waals surface area contributed by atoms with Gasteiger partial charge in [0.1, 0.15) is 11.9 Å². The van der Waals surface area contributed by atoms with Crippen LogP contribution in [0.2, 0.25) is 0 Å². The highest BCUT2D eigenvalue weighted by Crippen LogP contribution is 2.18. The van der Waals surface area contributed by atoms with Crippen LogP contribution in [0.25, 0.3) is 0 Å². The van der Waals surface area contributed by atoms with Crippen LogP contribution in [-0.4, -0.2) is 59.8 Å². The number of rotatable bonds is 3. The van der Waals surface area contributed by atoms with E-state index in [1.165, 1.54) is 5.56 Å². The third kappa shape index (κ3) is 3.33. The molecule has 1 amide bonds. The summed E-state index contributed by atoms with van der Waals surface area (Å²) in [6, 6.07) is 0. The summed E-state index contributed by atoms with van der Waals surface area (Å²) in [5, 5.41) is 4.02. The topological polar surface area (TPSA) is 58.8 Å². The third-order valence-electron chi connectivity index (χ3n) is 4.67. The van der Waals surface area contributed by atoms with Crippen molar-refractivity contribution in [2.45, 2.75) is 45.8 Å². The summed E-state index contributed by atoms with van der Waals surface area (Å²) >= 11 is 0. The van der Waals surface area contributed by atoms with Crippen LogP contribution in [0.3, 0.4) is 0 Å². The lowest BCUT2D eigenvalue weighted by atomic mass is 10.2. The van der Waals surface area contributed by atoms with Crippen LogP contribution in [0.5, 0.6) is 0 Å². The van der Waals surface area contributed by atoms with E-state index in [9.17, 15) is 4.79 Å². The fraction of sp³-hybridized carbons (Fsp3) is 0.750. The fourth-order valence-electron chi connectivity index (χ4n) is 3.28. The lowest BCUT2D eigenvalue weighted by Gasteiger charge is -2.24. The minimum atomic E-state index is -0.200. The molecule has 0 saturated carbocycles. The Balaban J connectivity index is 1.56. The molecule has 6 heteroatoms. The molecule has 22 heavy (non-hydrogen) atoms. The van der Waals surface area contributed by atoms with Crippen molar-refractivity contribution in [1.29, 1.82) is 0 Å². The zero-order valence-corrected chi connectivity index (χ0v) is 13.5. The maximum absolute atomic E-state index is 12.4. The second-order valence-electron chi connectivity index (χ2n) is 6.26. The molecule has 2 fully saturated rings. The highest BCUT2D eigenvalue weighted by molar-refractivity contribution is 5.81. The van der Waals surface area contributed by atoms with Gasteiger partial charge in [0.2, 0.25) is 0 Å². The molecule has 0 N–H and O–H groups in total. The number of amides is 1. The van der Waals surface area contributed by atoms with E-state index in [0.717, 1.165) is 70.0 Å².